The molecule has 26 heavy (non-hydrogen) atoms. The van der Waals surface area contributed by atoms with Crippen LogP contribution in [0.5, 0.6) is 0 Å². The van der Waals surface area contributed by atoms with Gasteiger partial charge in [0.15, 0.2) is 0 Å². The lowest BCUT2D eigenvalue weighted by Gasteiger charge is -2.26. The molecule has 1 aliphatic rings. The standard InChI is InChI=1S/C19H12N6O/c1-20-18-15(12-8-5-9-14-17(12)25-26-24-14)13-10-21-23-19(13)22-16(18)11-6-3-2-4-7-11/h2-10,15H,(H2,21,22,23). The summed E-state index contributed by atoms with van der Waals surface area (Å²) >= 11 is 0. The highest BCUT2D eigenvalue weighted by atomic mass is 16.6. The van der Waals surface area contributed by atoms with Crippen molar-refractivity contribution in [1.82, 2.24) is 20.5 Å². The summed E-state index contributed by atoms with van der Waals surface area (Å²) < 4.78 is 4.91. The quantitative estimate of drug-likeness (QED) is 0.542. The SMILES string of the molecule is [C-]#[N+]C1=C(c2ccccc2)Nc2[nH]ncc2C1c1cccc2nonc12. The summed E-state index contributed by atoms with van der Waals surface area (Å²) in [5.41, 5.74) is 5.36. The third-order valence-electron chi connectivity index (χ3n) is 4.57. The van der Waals surface area contributed by atoms with E-state index < -0.39 is 0 Å². The van der Waals surface area contributed by atoms with E-state index in [-0.39, 0.29) is 5.92 Å². The van der Waals surface area contributed by atoms with E-state index in [9.17, 15) is 0 Å². The van der Waals surface area contributed by atoms with Gasteiger partial charge in [-0.1, -0.05) is 42.5 Å². The van der Waals surface area contributed by atoms with E-state index in [0.29, 0.717) is 16.7 Å². The average molecular weight is 340 g/mol. The smallest absolute Gasteiger partial charge is 0.200 e. The van der Waals surface area contributed by atoms with Crippen LogP contribution in [0.1, 0.15) is 22.6 Å². The number of allylic oxidation sites excluding steroid dienone is 1. The van der Waals surface area contributed by atoms with Crippen molar-refractivity contribution in [2.75, 3.05) is 5.32 Å². The molecule has 0 saturated carbocycles. The highest BCUT2D eigenvalue weighted by molar-refractivity contribution is 5.88. The molecule has 7 heteroatoms. The van der Waals surface area contributed by atoms with Crippen molar-refractivity contribution in [2.45, 2.75) is 5.92 Å². The molecule has 0 bridgehead atoms. The first-order valence-corrected chi connectivity index (χ1v) is 8.05. The molecule has 0 aliphatic carbocycles. The highest BCUT2D eigenvalue weighted by Crippen LogP contribution is 2.45. The summed E-state index contributed by atoms with van der Waals surface area (Å²) in [6.07, 6.45) is 1.74. The summed E-state index contributed by atoms with van der Waals surface area (Å²) in [6, 6.07) is 15.5. The lowest BCUT2D eigenvalue weighted by atomic mass is 9.85. The number of anilines is 1. The third kappa shape index (κ3) is 2.03. The Kier molecular flexibility index (Phi) is 3.09. The van der Waals surface area contributed by atoms with Crippen molar-refractivity contribution in [1.29, 1.82) is 0 Å². The molecule has 7 nitrogen and oxygen atoms in total. The molecule has 1 aliphatic heterocycles. The molecule has 2 aromatic carbocycles. The average Bonchev–Trinajstić information content (AvgIpc) is 3.36. The number of nitrogens with one attached hydrogen (secondary N) is 2. The number of hydrogen-bond acceptors (Lipinski definition) is 5. The first-order chi connectivity index (χ1) is 12.9. The second kappa shape index (κ2) is 5.57. The zero-order valence-corrected chi connectivity index (χ0v) is 13.5. The second-order valence-electron chi connectivity index (χ2n) is 5.98. The first-order valence-electron chi connectivity index (χ1n) is 8.05. The molecule has 0 fully saturated rings. The van der Waals surface area contributed by atoms with Gasteiger partial charge in [-0.3, -0.25) is 5.10 Å². The van der Waals surface area contributed by atoms with Crippen LogP contribution >= 0.6 is 0 Å². The van der Waals surface area contributed by atoms with Gasteiger partial charge in [0.05, 0.1) is 18.7 Å². The maximum absolute atomic E-state index is 7.86. The predicted molar refractivity (Wildman–Crippen MR) is 95.8 cm³/mol. The summed E-state index contributed by atoms with van der Waals surface area (Å²) in [6.45, 7) is 7.86. The first kappa shape index (κ1) is 14.4. The van der Waals surface area contributed by atoms with Crippen LogP contribution < -0.4 is 5.32 Å². The molecule has 0 amide bonds. The number of aromatic nitrogens is 4. The van der Waals surface area contributed by atoms with Gasteiger partial charge in [0.2, 0.25) is 5.70 Å². The van der Waals surface area contributed by atoms with Gasteiger partial charge in [-0.15, -0.1) is 0 Å². The summed E-state index contributed by atoms with van der Waals surface area (Å²) in [4.78, 5) is 3.88. The Morgan fingerprint density at radius 2 is 1.88 bits per heavy atom. The van der Waals surface area contributed by atoms with E-state index in [1.807, 2.05) is 48.5 Å². The fourth-order valence-electron chi connectivity index (χ4n) is 3.42. The van der Waals surface area contributed by atoms with Crippen LogP contribution in [0.4, 0.5) is 5.82 Å². The van der Waals surface area contributed by atoms with Crippen LogP contribution in [0.25, 0.3) is 21.6 Å². The van der Waals surface area contributed by atoms with Gasteiger partial charge >= 0.3 is 0 Å². The third-order valence-corrected chi connectivity index (χ3v) is 4.57. The Balaban J connectivity index is 1.81. The van der Waals surface area contributed by atoms with Crippen molar-refractivity contribution in [3.05, 3.63) is 88.5 Å². The van der Waals surface area contributed by atoms with Gasteiger partial charge in [0.1, 0.15) is 16.9 Å². The van der Waals surface area contributed by atoms with Gasteiger partial charge in [-0.05, 0) is 27.5 Å². The van der Waals surface area contributed by atoms with Crippen LogP contribution in [0.3, 0.4) is 0 Å². The van der Waals surface area contributed by atoms with E-state index in [0.717, 1.165) is 28.2 Å². The van der Waals surface area contributed by atoms with Crippen molar-refractivity contribution >= 4 is 22.5 Å². The molecule has 0 spiro atoms. The monoisotopic (exact) mass is 340 g/mol. The summed E-state index contributed by atoms with van der Waals surface area (Å²) in [7, 11) is 0. The van der Waals surface area contributed by atoms with E-state index in [1.165, 1.54) is 0 Å². The van der Waals surface area contributed by atoms with Gasteiger partial charge in [0, 0.05) is 11.3 Å². The van der Waals surface area contributed by atoms with Crippen LogP contribution in [0, 0.1) is 6.57 Å². The molecule has 4 aromatic rings. The Morgan fingerprint density at radius 3 is 2.73 bits per heavy atom. The number of benzene rings is 2. The zero-order valence-electron chi connectivity index (χ0n) is 13.5. The topological polar surface area (TPSA) is 84.0 Å². The Morgan fingerprint density at radius 1 is 1.00 bits per heavy atom. The molecule has 2 aromatic heterocycles. The highest BCUT2D eigenvalue weighted by Gasteiger charge is 2.33. The van der Waals surface area contributed by atoms with Gasteiger partial charge < -0.3 is 5.32 Å². The van der Waals surface area contributed by atoms with Crippen molar-refractivity contribution in [2.24, 2.45) is 0 Å². The number of aromatic amines is 1. The summed E-state index contributed by atoms with van der Waals surface area (Å²) in [5, 5.41) is 18.5. The maximum atomic E-state index is 7.86. The molecule has 1 unspecified atom stereocenters. The minimum Gasteiger partial charge on any atom is -0.349 e. The lowest BCUT2D eigenvalue weighted by Crippen LogP contribution is -2.16. The molecular formula is C19H12N6O. The zero-order chi connectivity index (χ0) is 17.5. The van der Waals surface area contributed by atoms with Crippen LogP contribution in [0.2, 0.25) is 0 Å². The lowest BCUT2D eigenvalue weighted by molar-refractivity contribution is 0.315. The molecule has 5 rings (SSSR count). The number of rotatable bonds is 2. The molecular weight excluding hydrogens is 328 g/mol. The van der Waals surface area contributed by atoms with E-state index in [1.54, 1.807) is 6.20 Å². The molecule has 0 radical (unpaired) electrons. The Labute approximate surface area is 148 Å². The number of H-pyrrole nitrogens is 1. The van der Waals surface area contributed by atoms with Gasteiger partial charge in [-0.2, -0.15) is 5.10 Å². The Bertz CT molecular complexity index is 1180. The molecule has 1 atom stereocenters. The van der Waals surface area contributed by atoms with Crippen LogP contribution in [-0.4, -0.2) is 20.5 Å². The predicted octanol–water partition coefficient (Wildman–Crippen LogP) is 3.79. The number of fused-ring (bicyclic) bond motifs is 2. The minimum absolute atomic E-state index is 0.312. The molecule has 3 heterocycles. The molecule has 124 valence electrons. The van der Waals surface area contributed by atoms with Gasteiger partial charge in [-0.25, -0.2) is 9.47 Å². The fourth-order valence-corrected chi connectivity index (χ4v) is 3.42. The number of hydrogen-bond donors (Lipinski definition) is 2. The number of nitrogens with zero attached hydrogens (tertiary/aromatic N) is 4. The van der Waals surface area contributed by atoms with Crippen LogP contribution in [-0.2, 0) is 0 Å². The van der Waals surface area contributed by atoms with E-state index in [4.69, 9.17) is 11.2 Å². The second-order valence-corrected chi connectivity index (χ2v) is 5.98. The van der Waals surface area contributed by atoms with E-state index in [2.05, 4.69) is 30.7 Å². The fraction of sp³-hybridized carbons (Fsp3) is 0.0526. The molecule has 0 saturated heterocycles. The summed E-state index contributed by atoms with van der Waals surface area (Å²) in [5.74, 6) is 0.461. The molecule has 2 N–H and O–H groups in total. The maximum Gasteiger partial charge on any atom is 0.200 e. The van der Waals surface area contributed by atoms with Crippen molar-refractivity contribution in [3.8, 4) is 0 Å². The van der Waals surface area contributed by atoms with E-state index >= 15 is 0 Å². The normalized spacial score (nSPS) is 16.2. The Hall–Kier alpha value is -3.92. The van der Waals surface area contributed by atoms with Crippen LogP contribution in [0.15, 0.2) is 65.1 Å². The largest absolute Gasteiger partial charge is 0.349 e. The van der Waals surface area contributed by atoms with Crippen molar-refractivity contribution < 1.29 is 4.63 Å². The van der Waals surface area contributed by atoms with Gasteiger partial charge in [0.25, 0.3) is 0 Å². The minimum atomic E-state index is -0.312. The van der Waals surface area contributed by atoms with Crippen molar-refractivity contribution in [3.63, 3.8) is 0 Å².